The van der Waals surface area contributed by atoms with Crippen molar-refractivity contribution in [2.45, 2.75) is 12.5 Å². The minimum Gasteiger partial charge on any atom is -0.497 e. The van der Waals surface area contributed by atoms with Gasteiger partial charge in [0, 0.05) is 19.3 Å². The molecule has 0 aliphatic heterocycles. The highest BCUT2D eigenvalue weighted by Gasteiger charge is 2.15. The molecule has 6 nitrogen and oxygen atoms in total. The fourth-order valence-corrected chi connectivity index (χ4v) is 1.63. The first kappa shape index (κ1) is 13.5. The zero-order valence-corrected chi connectivity index (χ0v) is 11.0. The summed E-state index contributed by atoms with van der Waals surface area (Å²) < 4.78 is 15.3. The lowest BCUT2D eigenvalue weighted by atomic mass is 10.2. The Bertz CT molecular complexity index is 527. The maximum absolute atomic E-state index is 5.93. The van der Waals surface area contributed by atoms with Crippen molar-refractivity contribution >= 4 is 0 Å². The fraction of sp³-hybridized carbons (Fsp3) is 0.385. The summed E-state index contributed by atoms with van der Waals surface area (Å²) in [5, 5.41) is 3.93. The summed E-state index contributed by atoms with van der Waals surface area (Å²) in [6, 6.07) is 7.14. The standard InChI is InChI=1S/C13H17N3O3/c1-17-7-6-11(14)13-15-12(16-19-13)9-4-3-5-10(8-9)18-2/h3-5,8,11H,6-7,14H2,1-2H3. The molecule has 0 aliphatic rings. The van der Waals surface area contributed by atoms with Gasteiger partial charge in [-0.2, -0.15) is 4.98 Å². The molecule has 0 radical (unpaired) electrons. The van der Waals surface area contributed by atoms with Crippen LogP contribution in [-0.2, 0) is 4.74 Å². The van der Waals surface area contributed by atoms with Crippen LogP contribution in [0.5, 0.6) is 5.75 Å². The second kappa shape index (κ2) is 6.31. The molecule has 2 aromatic rings. The number of hydrogen-bond acceptors (Lipinski definition) is 6. The summed E-state index contributed by atoms with van der Waals surface area (Å²) in [7, 11) is 3.24. The Morgan fingerprint density at radius 2 is 2.21 bits per heavy atom. The van der Waals surface area contributed by atoms with Gasteiger partial charge in [-0.05, 0) is 18.6 Å². The van der Waals surface area contributed by atoms with E-state index in [1.165, 1.54) is 0 Å². The molecule has 2 rings (SSSR count). The van der Waals surface area contributed by atoms with Crippen LogP contribution < -0.4 is 10.5 Å². The minimum absolute atomic E-state index is 0.313. The van der Waals surface area contributed by atoms with E-state index in [-0.39, 0.29) is 6.04 Å². The van der Waals surface area contributed by atoms with Gasteiger partial charge in [-0.25, -0.2) is 0 Å². The third-order valence-corrected chi connectivity index (χ3v) is 2.72. The van der Waals surface area contributed by atoms with Crippen molar-refractivity contribution in [3.63, 3.8) is 0 Å². The van der Waals surface area contributed by atoms with Gasteiger partial charge in [0.1, 0.15) is 5.75 Å². The molecule has 0 spiro atoms. The van der Waals surface area contributed by atoms with E-state index in [4.69, 9.17) is 19.7 Å². The number of ether oxygens (including phenoxy) is 2. The lowest BCUT2D eigenvalue weighted by molar-refractivity contribution is 0.182. The van der Waals surface area contributed by atoms with Crippen LogP contribution in [0.1, 0.15) is 18.4 Å². The van der Waals surface area contributed by atoms with Gasteiger partial charge >= 0.3 is 0 Å². The first-order valence-electron chi connectivity index (χ1n) is 5.97. The highest BCUT2D eigenvalue weighted by Crippen LogP contribution is 2.22. The molecule has 0 bridgehead atoms. The van der Waals surface area contributed by atoms with E-state index in [2.05, 4.69) is 10.1 Å². The molecule has 2 N–H and O–H groups in total. The number of methoxy groups -OCH3 is 2. The molecule has 1 heterocycles. The Kier molecular flexibility index (Phi) is 4.48. The van der Waals surface area contributed by atoms with Crippen LogP contribution in [0.4, 0.5) is 0 Å². The van der Waals surface area contributed by atoms with Gasteiger partial charge < -0.3 is 19.7 Å². The zero-order valence-electron chi connectivity index (χ0n) is 11.0. The fourth-order valence-electron chi connectivity index (χ4n) is 1.63. The topological polar surface area (TPSA) is 83.4 Å². The predicted molar refractivity (Wildman–Crippen MR) is 69.7 cm³/mol. The Hall–Kier alpha value is -1.92. The molecular weight excluding hydrogens is 246 g/mol. The van der Waals surface area contributed by atoms with Crippen molar-refractivity contribution in [1.29, 1.82) is 0 Å². The highest BCUT2D eigenvalue weighted by atomic mass is 16.5. The van der Waals surface area contributed by atoms with E-state index in [1.807, 2.05) is 24.3 Å². The second-order valence-electron chi connectivity index (χ2n) is 4.08. The molecule has 102 valence electrons. The van der Waals surface area contributed by atoms with E-state index in [9.17, 15) is 0 Å². The molecule has 1 unspecified atom stereocenters. The van der Waals surface area contributed by atoms with E-state index >= 15 is 0 Å². The largest absolute Gasteiger partial charge is 0.497 e. The average molecular weight is 263 g/mol. The number of aromatic nitrogens is 2. The normalized spacial score (nSPS) is 12.4. The summed E-state index contributed by atoms with van der Waals surface area (Å²) in [6.45, 7) is 0.554. The number of nitrogens with two attached hydrogens (primary N) is 1. The maximum atomic E-state index is 5.93. The Morgan fingerprint density at radius 1 is 1.37 bits per heavy atom. The SMILES string of the molecule is COCCC(N)c1nc(-c2cccc(OC)c2)no1. The van der Waals surface area contributed by atoms with Crippen LogP contribution in [-0.4, -0.2) is 31.0 Å². The van der Waals surface area contributed by atoms with Crippen LogP contribution in [0, 0.1) is 0 Å². The van der Waals surface area contributed by atoms with Gasteiger partial charge in [0.15, 0.2) is 0 Å². The Labute approximate surface area is 111 Å². The van der Waals surface area contributed by atoms with E-state index < -0.39 is 0 Å². The molecule has 19 heavy (non-hydrogen) atoms. The van der Waals surface area contributed by atoms with Gasteiger partial charge in [-0.1, -0.05) is 17.3 Å². The second-order valence-corrected chi connectivity index (χ2v) is 4.08. The molecule has 0 saturated heterocycles. The molecule has 0 saturated carbocycles. The molecule has 0 amide bonds. The Balaban J connectivity index is 2.15. The maximum Gasteiger partial charge on any atom is 0.243 e. The minimum atomic E-state index is -0.313. The van der Waals surface area contributed by atoms with Crippen molar-refractivity contribution in [1.82, 2.24) is 10.1 Å². The van der Waals surface area contributed by atoms with Crippen LogP contribution in [0.2, 0.25) is 0 Å². The van der Waals surface area contributed by atoms with Crippen molar-refractivity contribution in [3.05, 3.63) is 30.2 Å². The average Bonchev–Trinajstić information content (AvgIpc) is 2.94. The molecule has 6 heteroatoms. The summed E-state index contributed by atoms with van der Waals surface area (Å²) in [4.78, 5) is 4.29. The van der Waals surface area contributed by atoms with Crippen LogP contribution in [0.15, 0.2) is 28.8 Å². The monoisotopic (exact) mass is 263 g/mol. The molecule has 1 aromatic heterocycles. The third-order valence-electron chi connectivity index (χ3n) is 2.72. The lowest BCUT2D eigenvalue weighted by Gasteiger charge is -2.04. The number of nitrogens with zero attached hydrogens (tertiary/aromatic N) is 2. The van der Waals surface area contributed by atoms with E-state index in [0.29, 0.717) is 24.7 Å². The number of hydrogen-bond donors (Lipinski definition) is 1. The quantitative estimate of drug-likeness (QED) is 0.855. The van der Waals surface area contributed by atoms with Crippen molar-refractivity contribution < 1.29 is 14.0 Å². The smallest absolute Gasteiger partial charge is 0.243 e. The number of benzene rings is 1. The third kappa shape index (κ3) is 3.30. The summed E-state index contributed by atoms with van der Waals surface area (Å²) in [6.07, 6.45) is 0.635. The predicted octanol–water partition coefficient (Wildman–Crippen LogP) is 1.78. The van der Waals surface area contributed by atoms with Crippen LogP contribution in [0.25, 0.3) is 11.4 Å². The Morgan fingerprint density at radius 3 is 2.95 bits per heavy atom. The van der Waals surface area contributed by atoms with Gasteiger partial charge in [0.05, 0.1) is 13.2 Å². The lowest BCUT2D eigenvalue weighted by Crippen LogP contribution is -2.12. The van der Waals surface area contributed by atoms with E-state index in [0.717, 1.165) is 11.3 Å². The van der Waals surface area contributed by atoms with Gasteiger partial charge in [0.25, 0.3) is 0 Å². The van der Waals surface area contributed by atoms with Crippen molar-refractivity contribution in [3.8, 4) is 17.1 Å². The van der Waals surface area contributed by atoms with Crippen LogP contribution >= 0.6 is 0 Å². The summed E-state index contributed by atoms with van der Waals surface area (Å²) in [5.74, 6) is 1.66. The highest BCUT2D eigenvalue weighted by molar-refractivity contribution is 5.56. The van der Waals surface area contributed by atoms with Crippen molar-refractivity contribution in [2.75, 3.05) is 20.8 Å². The summed E-state index contributed by atoms with van der Waals surface area (Å²) in [5.41, 5.74) is 6.75. The molecule has 0 aliphatic carbocycles. The molecular formula is C13H17N3O3. The number of rotatable bonds is 6. The first-order valence-corrected chi connectivity index (χ1v) is 5.97. The van der Waals surface area contributed by atoms with E-state index in [1.54, 1.807) is 14.2 Å². The first-order chi connectivity index (χ1) is 9.24. The van der Waals surface area contributed by atoms with Gasteiger partial charge in [0.2, 0.25) is 11.7 Å². The van der Waals surface area contributed by atoms with Gasteiger partial charge in [-0.3, -0.25) is 0 Å². The zero-order chi connectivity index (χ0) is 13.7. The summed E-state index contributed by atoms with van der Waals surface area (Å²) >= 11 is 0. The van der Waals surface area contributed by atoms with Crippen molar-refractivity contribution in [2.24, 2.45) is 5.73 Å². The molecule has 1 aromatic carbocycles. The molecule has 1 atom stereocenters. The molecule has 0 fully saturated rings. The van der Waals surface area contributed by atoms with Crippen LogP contribution in [0.3, 0.4) is 0 Å². The van der Waals surface area contributed by atoms with Gasteiger partial charge in [-0.15, -0.1) is 0 Å².